The second-order valence-electron chi connectivity index (χ2n) is 6.19. The van der Waals surface area contributed by atoms with Crippen molar-refractivity contribution in [3.05, 3.63) is 53.9 Å². The highest BCUT2D eigenvalue weighted by Gasteiger charge is 2.36. The molecule has 1 aliphatic carbocycles. The number of carboxylic acids is 1. The zero-order chi connectivity index (χ0) is 18.0. The standard InChI is InChI=1S/C19H20N2O4/c1-12(13-3-4-13)21(15-5-7-16(25-2)8-6-15)18(22)17-11-14(19(23)24)9-10-20-17/h5-13H,3-4H2,1-2H3,(H,23,24). The number of pyridine rings is 1. The van der Waals surface area contributed by atoms with Gasteiger partial charge in [0.1, 0.15) is 11.4 Å². The highest BCUT2D eigenvalue weighted by Crippen LogP contribution is 2.37. The van der Waals surface area contributed by atoms with Gasteiger partial charge in [0, 0.05) is 17.9 Å². The van der Waals surface area contributed by atoms with Gasteiger partial charge in [-0.15, -0.1) is 0 Å². The van der Waals surface area contributed by atoms with Crippen LogP contribution < -0.4 is 9.64 Å². The second-order valence-corrected chi connectivity index (χ2v) is 6.19. The van der Waals surface area contributed by atoms with E-state index in [-0.39, 0.29) is 23.2 Å². The van der Waals surface area contributed by atoms with Crippen molar-refractivity contribution in [2.75, 3.05) is 12.0 Å². The summed E-state index contributed by atoms with van der Waals surface area (Å²) in [6.45, 7) is 2.01. The molecule has 1 atom stereocenters. The molecule has 0 saturated heterocycles. The van der Waals surface area contributed by atoms with Gasteiger partial charge < -0.3 is 14.7 Å². The van der Waals surface area contributed by atoms with Crippen molar-refractivity contribution >= 4 is 17.6 Å². The van der Waals surface area contributed by atoms with Crippen LogP contribution in [0.25, 0.3) is 0 Å². The summed E-state index contributed by atoms with van der Waals surface area (Å²) >= 11 is 0. The molecule has 1 heterocycles. The Balaban J connectivity index is 1.97. The number of nitrogens with zero attached hydrogens (tertiary/aromatic N) is 2. The molecule has 3 rings (SSSR count). The molecule has 1 fully saturated rings. The van der Waals surface area contributed by atoms with E-state index in [2.05, 4.69) is 4.98 Å². The highest BCUT2D eigenvalue weighted by atomic mass is 16.5. The summed E-state index contributed by atoms with van der Waals surface area (Å²) in [4.78, 5) is 30.0. The van der Waals surface area contributed by atoms with Crippen LogP contribution >= 0.6 is 0 Å². The van der Waals surface area contributed by atoms with Crippen molar-refractivity contribution in [3.8, 4) is 5.75 Å². The Morgan fingerprint density at radius 3 is 2.48 bits per heavy atom. The van der Waals surface area contributed by atoms with Crippen molar-refractivity contribution in [1.29, 1.82) is 0 Å². The third kappa shape index (κ3) is 3.63. The van der Waals surface area contributed by atoms with Gasteiger partial charge in [0.05, 0.1) is 12.7 Å². The molecule has 2 aromatic rings. The zero-order valence-electron chi connectivity index (χ0n) is 14.2. The number of methoxy groups -OCH3 is 1. The summed E-state index contributed by atoms with van der Waals surface area (Å²) in [5.41, 5.74) is 0.919. The molecule has 1 unspecified atom stereocenters. The van der Waals surface area contributed by atoms with Gasteiger partial charge in [-0.05, 0) is 62.1 Å². The average Bonchev–Trinajstić information content (AvgIpc) is 3.47. The molecule has 0 bridgehead atoms. The van der Waals surface area contributed by atoms with Crippen LogP contribution in [-0.4, -0.2) is 35.1 Å². The lowest BCUT2D eigenvalue weighted by molar-refractivity contribution is 0.0696. The lowest BCUT2D eigenvalue weighted by atomic mass is 10.1. The van der Waals surface area contributed by atoms with E-state index in [1.807, 2.05) is 19.1 Å². The zero-order valence-corrected chi connectivity index (χ0v) is 14.2. The Morgan fingerprint density at radius 1 is 1.24 bits per heavy atom. The van der Waals surface area contributed by atoms with Crippen molar-refractivity contribution in [2.45, 2.75) is 25.8 Å². The minimum atomic E-state index is -1.08. The van der Waals surface area contributed by atoms with Crippen LogP contribution in [0.15, 0.2) is 42.6 Å². The Morgan fingerprint density at radius 2 is 1.92 bits per heavy atom. The Kier molecular flexibility index (Phi) is 4.70. The average molecular weight is 340 g/mol. The van der Waals surface area contributed by atoms with Gasteiger partial charge in [-0.2, -0.15) is 0 Å². The summed E-state index contributed by atoms with van der Waals surface area (Å²) in [7, 11) is 1.59. The molecule has 130 valence electrons. The molecule has 1 N–H and O–H groups in total. The number of hydrogen-bond acceptors (Lipinski definition) is 4. The van der Waals surface area contributed by atoms with E-state index in [9.17, 15) is 9.59 Å². The second kappa shape index (κ2) is 6.93. The lowest BCUT2D eigenvalue weighted by Gasteiger charge is -2.29. The number of carbonyl (C=O) groups excluding carboxylic acids is 1. The number of aromatic carboxylic acids is 1. The molecule has 0 spiro atoms. The quantitative estimate of drug-likeness (QED) is 0.873. The summed E-state index contributed by atoms with van der Waals surface area (Å²) in [6.07, 6.45) is 3.53. The molecule has 0 aliphatic heterocycles. The van der Waals surface area contributed by atoms with Crippen LogP contribution in [0.4, 0.5) is 5.69 Å². The minimum absolute atomic E-state index is 0.0104. The predicted molar refractivity (Wildman–Crippen MR) is 93.2 cm³/mol. The van der Waals surface area contributed by atoms with E-state index >= 15 is 0 Å². The first-order valence-electron chi connectivity index (χ1n) is 8.18. The minimum Gasteiger partial charge on any atom is -0.497 e. The highest BCUT2D eigenvalue weighted by molar-refractivity contribution is 6.06. The van der Waals surface area contributed by atoms with Gasteiger partial charge in [-0.1, -0.05) is 0 Å². The first-order chi connectivity index (χ1) is 12.0. The SMILES string of the molecule is COc1ccc(N(C(=O)c2cc(C(=O)O)ccn2)C(C)C2CC2)cc1. The number of amides is 1. The third-order valence-corrected chi connectivity index (χ3v) is 4.51. The van der Waals surface area contributed by atoms with E-state index in [1.54, 1.807) is 24.1 Å². The van der Waals surface area contributed by atoms with Crippen LogP contribution in [-0.2, 0) is 0 Å². The number of carboxylic acid groups (broad SMARTS) is 1. The number of benzene rings is 1. The summed E-state index contributed by atoms with van der Waals surface area (Å²) in [6, 6.07) is 9.97. The lowest BCUT2D eigenvalue weighted by Crippen LogP contribution is -2.40. The number of hydrogen-bond donors (Lipinski definition) is 1. The number of carbonyl (C=O) groups is 2. The maximum Gasteiger partial charge on any atom is 0.335 e. The van der Waals surface area contributed by atoms with E-state index < -0.39 is 5.97 Å². The Bertz CT molecular complexity index is 784. The van der Waals surface area contributed by atoms with Gasteiger partial charge in [-0.25, -0.2) is 4.79 Å². The Labute approximate surface area is 146 Å². The van der Waals surface area contributed by atoms with Crippen LogP contribution in [0.1, 0.15) is 40.6 Å². The van der Waals surface area contributed by atoms with Crippen molar-refractivity contribution in [3.63, 3.8) is 0 Å². The van der Waals surface area contributed by atoms with E-state index in [0.29, 0.717) is 11.7 Å². The van der Waals surface area contributed by atoms with Crippen LogP contribution in [0.3, 0.4) is 0 Å². The largest absolute Gasteiger partial charge is 0.497 e. The number of rotatable bonds is 6. The summed E-state index contributed by atoms with van der Waals surface area (Å²) in [5, 5.41) is 9.15. The van der Waals surface area contributed by atoms with Crippen molar-refractivity contribution in [1.82, 2.24) is 4.98 Å². The molecule has 6 heteroatoms. The Hall–Kier alpha value is -2.89. The maximum absolute atomic E-state index is 13.1. The molecule has 6 nitrogen and oxygen atoms in total. The number of aromatic nitrogens is 1. The van der Waals surface area contributed by atoms with Crippen LogP contribution in [0, 0.1) is 5.92 Å². The molecule has 1 saturated carbocycles. The van der Waals surface area contributed by atoms with E-state index in [1.165, 1.54) is 18.3 Å². The fourth-order valence-corrected chi connectivity index (χ4v) is 2.87. The molecule has 1 aliphatic rings. The summed E-state index contributed by atoms with van der Waals surface area (Å²) in [5.74, 6) is -0.217. The summed E-state index contributed by atoms with van der Waals surface area (Å²) < 4.78 is 5.18. The fourth-order valence-electron chi connectivity index (χ4n) is 2.87. The van der Waals surface area contributed by atoms with Crippen LogP contribution in [0.2, 0.25) is 0 Å². The number of anilines is 1. The predicted octanol–water partition coefficient (Wildman–Crippen LogP) is 3.23. The van der Waals surface area contributed by atoms with Gasteiger partial charge >= 0.3 is 5.97 Å². The normalized spacial score (nSPS) is 14.6. The van der Waals surface area contributed by atoms with Crippen LogP contribution in [0.5, 0.6) is 5.75 Å². The molecule has 1 aromatic heterocycles. The first-order valence-corrected chi connectivity index (χ1v) is 8.18. The van der Waals surface area contributed by atoms with Crippen molar-refractivity contribution < 1.29 is 19.4 Å². The first kappa shape index (κ1) is 17.0. The molecule has 25 heavy (non-hydrogen) atoms. The van der Waals surface area contributed by atoms with Gasteiger partial charge in [0.2, 0.25) is 0 Å². The molecular weight excluding hydrogens is 320 g/mol. The number of ether oxygens (including phenoxy) is 1. The van der Waals surface area contributed by atoms with E-state index in [4.69, 9.17) is 9.84 Å². The molecule has 1 aromatic carbocycles. The van der Waals surface area contributed by atoms with Gasteiger partial charge in [0.25, 0.3) is 5.91 Å². The molecule has 1 amide bonds. The maximum atomic E-state index is 13.1. The van der Waals surface area contributed by atoms with Crippen molar-refractivity contribution in [2.24, 2.45) is 5.92 Å². The van der Waals surface area contributed by atoms with Gasteiger partial charge in [0.15, 0.2) is 0 Å². The van der Waals surface area contributed by atoms with E-state index in [0.717, 1.165) is 18.5 Å². The topological polar surface area (TPSA) is 79.7 Å². The third-order valence-electron chi connectivity index (χ3n) is 4.51. The molecular formula is C19H20N2O4. The fraction of sp³-hybridized carbons (Fsp3) is 0.316. The van der Waals surface area contributed by atoms with Gasteiger partial charge in [-0.3, -0.25) is 9.78 Å². The molecule has 0 radical (unpaired) electrons. The monoisotopic (exact) mass is 340 g/mol. The smallest absolute Gasteiger partial charge is 0.335 e.